The molecule has 1 amide bonds. The predicted octanol–water partition coefficient (Wildman–Crippen LogP) is 4.28. The average molecular weight is 400 g/mol. The van der Waals surface area contributed by atoms with E-state index < -0.39 is 6.10 Å². The molecule has 0 saturated carbocycles. The van der Waals surface area contributed by atoms with Gasteiger partial charge in [0.15, 0.2) is 11.2 Å². The number of hydrogen-bond donors (Lipinski definition) is 3. The van der Waals surface area contributed by atoms with Crippen molar-refractivity contribution in [2.45, 2.75) is 13.0 Å². The molecule has 0 fully saturated rings. The zero-order chi connectivity index (χ0) is 19.2. The molecule has 0 heterocycles. The van der Waals surface area contributed by atoms with Crippen LogP contribution in [-0.4, -0.2) is 17.1 Å². The number of benzene rings is 3. The molecule has 3 aromatic carbocycles. The molecule has 0 aromatic heterocycles. The molecular weight excluding hydrogens is 382 g/mol. The summed E-state index contributed by atoms with van der Waals surface area (Å²) < 4.78 is 5.72. The molecule has 0 aliphatic rings. The zero-order valence-electron chi connectivity index (χ0n) is 14.5. The van der Waals surface area contributed by atoms with Crippen LogP contribution in [0.15, 0.2) is 66.7 Å². The van der Waals surface area contributed by atoms with Crippen LogP contribution in [0.2, 0.25) is 5.02 Å². The summed E-state index contributed by atoms with van der Waals surface area (Å²) in [5.74, 6) is 0.279. The number of anilines is 1. The maximum Gasteiger partial charge on any atom is 0.279 e. The molecule has 7 heteroatoms. The van der Waals surface area contributed by atoms with Gasteiger partial charge >= 0.3 is 0 Å². The Morgan fingerprint density at radius 3 is 2.44 bits per heavy atom. The third kappa shape index (κ3) is 5.32. The van der Waals surface area contributed by atoms with E-state index in [-0.39, 0.29) is 11.0 Å². The molecule has 0 unspecified atom stereocenters. The van der Waals surface area contributed by atoms with Crippen LogP contribution in [0.4, 0.5) is 5.69 Å². The Morgan fingerprint density at radius 1 is 1.00 bits per heavy atom. The Hall–Kier alpha value is -2.83. The number of halogens is 1. The van der Waals surface area contributed by atoms with Gasteiger partial charge in [0.05, 0.1) is 0 Å². The van der Waals surface area contributed by atoms with Gasteiger partial charge in [-0.2, -0.15) is 0 Å². The molecule has 0 aliphatic carbocycles. The highest BCUT2D eigenvalue weighted by Crippen LogP contribution is 2.21. The first kappa shape index (κ1) is 18.9. The minimum absolute atomic E-state index is 0.253. The van der Waals surface area contributed by atoms with Gasteiger partial charge in [0.1, 0.15) is 5.75 Å². The topological polar surface area (TPSA) is 62.4 Å². The van der Waals surface area contributed by atoms with E-state index >= 15 is 0 Å². The van der Waals surface area contributed by atoms with Crippen LogP contribution in [0.3, 0.4) is 0 Å². The van der Waals surface area contributed by atoms with E-state index in [9.17, 15) is 4.79 Å². The number of carbonyl (C=O) groups excluding carboxylic acids is 1. The largest absolute Gasteiger partial charge is 0.481 e. The standard InChI is InChI=1S/C20H18ClN3O2S/c1-13(26-18-11-6-14-4-2-3-5-15(14)12-18)19(25)23-24-20(27)22-17-9-7-16(21)8-10-17/h2-13H,1H3,(H,23,25)(H2,22,24,27)/t13-/m1/s1. The van der Waals surface area contributed by atoms with Crippen molar-refractivity contribution in [3.8, 4) is 5.75 Å². The number of hydrazine groups is 1. The second-order valence-corrected chi connectivity index (χ2v) is 6.69. The lowest BCUT2D eigenvalue weighted by Gasteiger charge is -2.17. The van der Waals surface area contributed by atoms with Gasteiger partial charge in [-0.1, -0.05) is 41.9 Å². The van der Waals surface area contributed by atoms with E-state index in [2.05, 4.69) is 16.2 Å². The molecule has 27 heavy (non-hydrogen) atoms. The molecule has 3 rings (SSSR count). The Kier molecular flexibility index (Phi) is 6.11. The maximum absolute atomic E-state index is 12.2. The van der Waals surface area contributed by atoms with Crippen molar-refractivity contribution < 1.29 is 9.53 Å². The number of fused-ring (bicyclic) bond motifs is 1. The summed E-state index contributed by atoms with van der Waals surface area (Å²) in [4.78, 5) is 12.2. The van der Waals surface area contributed by atoms with Crippen LogP contribution in [0.1, 0.15) is 6.92 Å². The third-order valence-electron chi connectivity index (χ3n) is 3.80. The third-order valence-corrected chi connectivity index (χ3v) is 4.26. The lowest BCUT2D eigenvalue weighted by molar-refractivity contribution is -0.127. The first-order valence-electron chi connectivity index (χ1n) is 8.29. The Labute approximate surface area is 167 Å². The molecule has 0 bridgehead atoms. The van der Waals surface area contributed by atoms with E-state index in [0.29, 0.717) is 10.8 Å². The lowest BCUT2D eigenvalue weighted by Crippen LogP contribution is -2.48. The molecule has 3 aromatic rings. The van der Waals surface area contributed by atoms with E-state index in [1.54, 1.807) is 31.2 Å². The number of carbonyl (C=O) groups is 1. The molecule has 0 aliphatic heterocycles. The van der Waals surface area contributed by atoms with Crippen LogP contribution in [0, 0.1) is 0 Å². The predicted molar refractivity (Wildman–Crippen MR) is 113 cm³/mol. The second kappa shape index (κ2) is 8.70. The maximum atomic E-state index is 12.2. The summed E-state index contributed by atoms with van der Waals surface area (Å²) >= 11 is 11.0. The number of nitrogens with one attached hydrogen (secondary N) is 3. The monoisotopic (exact) mass is 399 g/mol. The van der Waals surface area contributed by atoms with E-state index in [4.69, 9.17) is 28.6 Å². The first-order valence-corrected chi connectivity index (χ1v) is 9.08. The molecule has 1 atom stereocenters. The molecular formula is C20H18ClN3O2S. The highest BCUT2D eigenvalue weighted by molar-refractivity contribution is 7.80. The van der Waals surface area contributed by atoms with Crippen molar-refractivity contribution in [1.29, 1.82) is 0 Å². The number of hydrogen-bond acceptors (Lipinski definition) is 3. The van der Waals surface area contributed by atoms with Crippen molar-refractivity contribution in [2.24, 2.45) is 0 Å². The van der Waals surface area contributed by atoms with Crippen molar-refractivity contribution >= 4 is 51.3 Å². The lowest BCUT2D eigenvalue weighted by atomic mass is 10.1. The molecule has 0 spiro atoms. The van der Waals surface area contributed by atoms with Gasteiger partial charge in [-0.15, -0.1) is 0 Å². The summed E-state index contributed by atoms with van der Waals surface area (Å²) in [5.41, 5.74) is 5.93. The van der Waals surface area contributed by atoms with Gasteiger partial charge in [0, 0.05) is 10.7 Å². The van der Waals surface area contributed by atoms with Crippen molar-refractivity contribution in [3.63, 3.8) is 0 Å². The van der Waals surface area contributed by atoms with Gasteiger partial charge in [-0.3, -0.25) is 15.6 Å². The van der Waals surface area contributed by atoms with Crippen LogP contribution in [0.25, 0.3) is 10.8 Å². The van der Waals surface area contributed by atoms with E-state index in [1.807, 2.05) is 42.5 Å². The van der Waals surface area contributed by atoms with Crippen LogP contribution in [0.5, 0.6) is 5.75 Å². The minimum Gasteiger partial charge on any atom is -0.481 e. The van der Waals surface area contributed by atoms with Crippen molar-refractivity contribution in [3.05, 3.63) is 71.8 Å². The quantitative estimate of drug-likeness (QED) is 0.451. The fraction of sp³-hybridized carbons (Fsp3) is 0.100. The molecule has 0 saturated heterocycles. The highest BCUT2D eigenvalue weighted by atomic mass is 35.5. The number of amides is 1. The number of thiocarbonyl (C=S) groups is 1. The first-order chi connectivity index (χ1) is 13.0. The smallest absolute Gasteiger partial charge is 0.279 e. The normalized spacial score (nSPS) is 11.5. The summed E-state index contributed by atoms with van der Waals surface area (Å²) in [6.07, 6.45) is -0.697. The highest BCUT2D eigenvalue weighted by Gasteiger charge is 2.15. The van der Waals surface area contributed by atoms with Gasteiger partial charge < -0.3 is 10.1 Å². The summed E-state index contributed by atoms with van der Waals surface area (Å²) in [5, 5.41) is 5.99. The second-order valence-electron chi connectivity index (χ2n) is 5.84. The zero-order valence-corrected chi connectivity index (χ0v) is 16.1. The van der Waals surface area contributed by atoms with Crippen molar-refractivity contribution in [2.75, 3.05) is 5.32 Å². The number of rotatable bonds is 4. The fourth-order valence-corrected chi connectivity index (χ4v) is 2.71. The SMILES string of the molecule is C[C@@H](Oc1ccc2ccccc2c1)C(=O)NNC(=S)Nc1ccc(Cl)cc1. The van der Waals surface area contributed by atoms with Crippen LogP contribution < -0.4 is 20.9 Å². The number of ether oxygens (including phenoxy) is 1. The Balaban J connectivity index is 1.50. The summed E-state index contributed by atoms with van der Waals surface area (Å²) in [7, 11) is 0. The van der Waals surface area contributed by atoms with Gasteiger partial charge in [-0.05, 0) is 66.3 Å². The minimum atomic E-state index is -0.697. The average Bonchev–Trinajstić information content (AvgIpc) is 2.67. The molecule has 138 valence electrons. The van der Waals surface area contributed by atoms with Gasteiger partial charge in [-0.25, -0.2) is 0 Å². The van der Waals surface area contributed by atoms with E-state index in [1.165, 1.54) is 0 Å². The summed E-state index contributed by atoms with van der Waals surface area (Å²) in [6, 6.07) is 20.7. The molecule has 5 nitrogen and oxygen atoms in total. The van der Waals surface area contributed by atoms with Crippen LogP contribution >= 0.6 is 23.8 Å². The summed E-state index contributed by atoms with van der Waals surface area (Å²) in [6.45, 7) is 1.67. The Bertz CT molecular complexity index is 963. The fourth-order valence-electron chi connectivity index (χ4n) is 2.41. The Morgan fingerprint density at radius 2 is 1.70 bits per heavy atom. The van der Waals surface area contributed by atoms with Crippen LogP contribution in [-0.2, 0) is 4.79 Å². The van der Waals surface area contributed by atoms with E-state index in [0.717, 1.165) is 16.5 Å². The van der Waals surface area contributed by atoms with Crippen molar-refractivity contribution in [1.82, 2.24) is 10.9 Å². The molecule has 3 N–H and O–H groups in total. The van der Waals surface area contributed by atoms with Gasteiger partial charge in [0.25, 0.3) is 5.91 Å². The van der Waals surface area contributed by atoms with Gasteiger partial charge in [0.2, 0.25) is 0 Å². The molecule has 0 radical (unpaired) electrons.